The van der Waals surface area contributed by atoms with Crippen LogP contribution < -0.4 is 0 Å². The highest BCUT2D eigenvalue weighted by molar-refractivity contribution is 5.78. The number of aliphatic hydroxyl groups is 1. The Hall–Kier alpha value is -1.40. The fourth-order valence-corrected chi connectivity index (χ4v) is 2.24. The van der Waals surface area contributed by atoms with Crippen LogP contribution in [0.1, 0.15) is 19.5 Å². The van der Waals surface area contributed by atoms with Gasteiger partial charge < -0.3 is 14.7 Å². The maximum atomic E-state index is 12.2. The van der Waals surface area contributed by atoms with Gasteiger partial charge in [0, 0.05) is 25.0 Å². The summed E-state index contributed by atoms with van der Waals surface area (Å²) in [5, 5.41) is 15.8. The Morgan fingerprint density at radius 2 is 2.50 bits per heavy atom. The third-order valence-corrected chi connectivity index (χ3v) is 2.94. The number of carbonyl (C=O) groups is 1. The summed E-state index contributed by atoms with van der Waals surface area (Å²) in [6, 6.07) is 1.78. The maximum absolute atomic E-state index is 12.2. The van der Waals surface area contributed by atoms with Crippen molar-refractivity contribution in [1.29, 1.82) is 0 Å². The number of hydrogen-bond acceptors (Lipinski definition) is 4. The molecule has 18 heavy (non-hydrogen) atoms. The molecule has 0 bridgehead atoms. The van der Waals surface area contributed by atoms with E-state index in [-0.39, 0.29) is 18.6 Å². The molecule has 2 heterocycles. The van der Waals surface area contributed by atoms with E-state index in [4.69, 9.17) is 4.74 Å². The fraction of sp³-hybridized carbons (Fsp3) is 0.667. The lowest BCUT2D eigenvalue weighted by molar-refractivity contribution is -0.166. The molecule has 6 nitrogen and oxygen atoms in total. The summed E-state index contributed by atoms with van der Waals surface area (Å²) in [6.45, 7) is 4.75. The number of nitrogens with zero attached hydrogens (tertiary/aromatic N) is 2. The highest BCUT2D eigenvalue weighted by Crippen LogP contribution is 2.21. The van der Waals surface area contributed by atoms with E-state index in [0.717, 1.165) is 5.69 Å². The number of nitrogens with one attached hydrogen (secondary N) is 1. The van der Waals surface area contributed by atoms with Gasteiger partial charge in [0.25, 0.3) is 0 Å². The predicted molar refractivity (Wildman–Crippen MR) is 64.9 cm³/mol. The van der Waals surface area contributed by atoms with Crippen molar-refractivity contribution in [2.24, 2.45) is 0 Å². The van der Waals surface area contributed by atoms with Crippen LogP contribution in [0.3, 0.4) is 0 Å². The van der Waals surface area contributed by atoms with Crippen LogP contribution in [0.25, 0.3) is 0 Å². The van der Waals surface area contributed by atoms with Gasteiger partial charge in [-0.3, -0.25) is 9.89 Å². The number of hydrogen-bond donors (Lipinski definition) is 2. The van der Waals surface area contributed by atoms with Crippen molar-refractivity contribution in [1.82, 2.24) is 15.1 Å². The van der Waals surface area contributed by atoms with Crippen molar-refractivity contribution in [2.45, 2.75) is 32.0 Å². The first-order valence-corrected chi connectivity index (χ1v) is 6.05. The van der Waals surface area contributed by atoms with Crippen LogP contribution in [0.2, 0.25) is 0 Å². The first-order chi connectivity index (χ1) is 8.50. The summed E-state index contributed by atoms with van der Waals surface area (Å²) >= 11 is 0. The Labute approximate surface area is 106 Å². The topological polar surface area (TPSA) is 78.5 Å². The summed E-state index contributed by atoms with van der Waals surface area (Å²) in [7, 11) is 0. The molecule has 1 aliphatic heterocycles. The second kappa shape index (κ2) is 5.07. The van der Waals surface area contributed by atoms with Gasteiger partial charge in [0.2, 0.25) is 5.91 Å². The standard InChI is InChI=1S/C12H19N3O3/c1-12(2)8-15(6-10(7-16)18-12)11(17)5-9-3-4-13-14-9/h3-4,10,16H,5-8H2,1-2H3,(H,13,14). The molecule has 0 radical (unpaired) electrons. The van der Waals surface area contributed by atoms with E-state index < -0.39 is 5.60 Å². The van der Waals surface area contributed by atoms with Crippen molar-refractivity contribution in [3.63, 3.8) is 0 Å². The van der Waals surface area contributed by atoms with E-state index in [0.29, 0.717) is 19.5 Å². The normalized spacial score (nSPS) is 23.1. The summed E-state index contributed by atoms with van der Waals surface area (Å²) in [6.07, 6.45) is 1.62. The van der Waals surface area contributed by atoms with Crippen molar-refractivity contribution in [3.8, 4) is 0 Å². The van der Waals surface area contributed by atoms with E-state index in [1.807, 2.05) is 13.8 Å². The molecule has 0 saturated carbocycles. The zero-order chi connectivity index (χ0) is 13.2. The van der Waals surface area contributed by atoms with E-state index in [9.17, 15) is 9.90 Å². The van der Waals surface area contributed by atoms with Gasteiger partial charge in [0.1, 0.15) is 0 Å². The Bertz CT molecular complexity index is 403. The van der Waals surface area contributed by atoms with Crippen LogP contribution in [-0.2, 0) is 16.0 Å². The fourth-order valence-electron chi connectivity index (χ4n) is 2.24. The molecule has 1 aromatic rings. The second-order valence-electron chi connectivity index (χ2n) is 5.22. The number of carbonyl (C=O) groups excluding carboxylic acids is 1. The van der Waals surface area contributed by atoms with E-state index in [1.54, 1.807) is 17.2 Å². The molecule has 1 unspecified atom stereocenters. The van der Waals surface area contributed by atoms with Crippen molar-refractivity contribution < 1.29 is 14.6 Å². The summed E-state index contributed by atoms with van der Waals surface area (Å²) in [5.74, 6) is 0.0223. The lowest BCUT2D eigenvalue weighted by Gasteiger charge is -2.42. The zero-order valence-electron chi connectivity index (χ0n) is 10.7. The highest BCUT2D eigenvalue weighted by atomic mass is 16.5. The SMILES string of the molecule is CC1(C)CN(C(=O)Cc2ccn[nH]2)CC(CO)O1. The first-order valence-electron chi connectivity index (χ1n) is 6.05. The number of aliphatic hydroxyl groups excluding tert-OH is 1. The number of amides is 1. The van der Waals surface area contributed by atoms with Crippen LogP contribution in [-0.4, -0.2) is 57.5 Å². The minimum absolute atomic E-state index is 0.0223. The quantitative estimate of drug-likeness (QED) is 0.791. The molecule has 0 aliphatic carbocycles. The Morgan fingerprint density at radius 1 is 1.72 bits per heavy atom. The summed E-state index contributed by atoms with van der Waals surface area (Å²) < 4.78 is 5.67. The van der Waals surface area contributed by atoms with Gasteiger partial charge in [0.15, 0.2) is 0 Å². The Balaban J connectivity index is 2.00. The van der Waals surface area contributed by atoms with Gasteiger partial charge in [-0.1, -0.05) is 0 Å². The molecule has 1 amide bonds. The number of aromatic amines is 1. The zero-order valence-corrected chi connectivity index (χ0v) is 10.7. The number of aromatic nitrogens is 2. The van der Waals surface area contributed by atoms with Gasteiger partial charge >= 0.3 is 0 Å². The summed E-state index contributed by atoms with van der Waals surface area (Å²) in [4.78, 5) is 13.9. The molecule has 1 saturated heterocycles. The highest BCUT2D eigenvalue weighted by Gasteiger charge is 2.35. The third-order valence-electron chi connectivity index (χ3n) is 2.94. The average Bonchev–Trinajstić information content (AvgIpc) is 2.79. The second-order valence-corrected chi connectivity index (χ2v) is 5.22. The van der Waals surface area contributed by atoms with Crippen molar-refractivity contribution >= 4 is 5.91 Å². The molecule has 0 spiro atoms. The average molecular weight is 253 g/mol. The molecule has 1 fully saturated rings. The molecule has 1 atom stereocenters. The van der Waals surface area contributed by atoms with Crippen LogP contribution in [0.4, 0.5) is 0 Å². The van der Waals surface area contributed by atoms with E-state index in [2.05, 4.69) is 10.2 Å². The predicted octanol–water partition coefficient (Wildman–Crippen LogP) is -0.0495. The molecule has 100 valence electrons. The molecule has 1 aliphatic rings. The monoisotopic (exact) mass is 253 g/mol. The van der Waals surface area contributed by atoms with Gasteiger partial charge in [-0.2, -0.15) is 5.10 Å². The van der Waals surface area contributed by atoms with Crippen molar-refractivity contribution in [2.75, 3.05) is 19.7 Å². The van der Waals surface area contributed by atoms with Crippen LogP contribution in [0.15, 0.2) is 12.3 Å². The maximum Gasteiger partial charge on any atom is 0.228 e. The lowest BCUT2D eigenvalue weighted by atomic mass is 10.0. The minimum atomic E-state index is -0.421. The minimum Gasteiger partial charge on any atom is -0.394 e. The van der Waals surface area contributed by atoms with Gasteiger partial charge in [-0.05, 0) is 19.9 Å². The third kappa shape index (κ3) is 3.08. The van der Waals surface area contributed by atoms with Crippen LogP contribution in [0, 0.1) is 0 Å². The molecule has 0 aromatic carbocycles. The smallest absolute Gasteiger partial charge is 0.228 e. The molecule has 1 aromatic heterocycles. The number of morpholine rings is 1. The Morgan fingerprint density at radius 3 is 3.11 bits per heavy atom. The number of rotatable bonds is 3. The van der Waals surface area contributed by atoms with Crippen LogP contribution >= 0.6 is 0 Å². The lowest BCUT2D eigenvalue weighted by Crippen LogP contribution is -2.55. The van der Waals surface area contributed by atoms with Gasteiger partial charge in [-0.25, -0.2) is 0 Å². The van der Waals surface area contributed by atoms with Crippen molar-refractivity contribution in [3.05, 3.63) is 18.0 Å². The molecule has 6 heteroatoms. The number of H-pyrrole nitrogens is 1. The largest absolute Gasteiger partial charge is 0.394 e. The van der Waals surface area contributed by atoms with Gasteiger partial charge in [0.05, 0.1) is 24.7 Å². The molecular formula is C12H19N3O3. The molecule has 2 rings (SSSR count). The van der Waals surface area contributed by atoms with Crippen LogP contribution in [0.5, 0.6) is 0 Å². The van der Waals surface area contributed by atoms with E-state index in [1.165, 1.54) is 0 Å². The summed E-state index contributed by atoms with van der Waals surface area (Å²) in [5.41, 5.74) is 0.375. The van der Waals surface area contributed by atoms with E-state index >= 15 is 0 Å². The molecule has 2 N–H and O–H groups in total. The molecular weight excluding hydrogens is 234 g/mol. The Kier molecular flexibility index (Phi) is 3.68. The first kappa shape index (κ1) is 13.0. The number of ether oxygens (including phenoxy) is 1. The van der Waals surface area contributed by atoms with Gasteiger partial charge in [-0.15, -0.1) is 0 Å².